The van der Waals surface area contributed by atoms with E-state index in [-0.39, 0.29) is 5.56 Å². The van der Waals surface area contributed by atoms with Gasteiger partial charge in [0.1, 0.15) is 4.70 Å². The van der Waals surface area contributed by atoms with Crippen LogP contribution in [0.15, 0.2) is 23.8 Å². The van der Waals surface area contributed by atoms with E-state index in [4.69, 9.17) is 0 Å². The summed E-state index contributed by atoms with van der Waals surface area (Å²) >= 11 is 1.40. The van der Waals surface area contributed by atoms with Crippen LogP contribution in [0.4, 0.5) is 0 Å². The fourth-order valence-electron chi connectivity index (χ4n) is 0.985. The van der Waals surface area contributed by atoms with Crippen molar-refractivity contribution < 1.29 is 0 Å². The van der Waals surface area contributed by atoms with Crippen molar-refractivity contribution in [1.82, 2.24) is 9.97 Å². The molecule has 12 heavy (non-hydrogen) atoms. The maximum absolute atomic E-state index is 11.2. The number of nitrogens with one attached hydrogen (secondary N) is 1. The van der Waals surface area contributed by atoms with E-state index >= 15 is 0 Å². The molecule has 0 bridgehead atoms. The molecule has 2 rings (SSSR count). The Bertz CT molecular complexity index is 483. The molecule has 0 unspecified atom stereocenters. The highest BCUT2D eigenvalue weighted by atomic mass is 32.1. The third-order valence-corrected chi connectivity index (χ3v) is 2.66. The molecular formula is C8H6N2OS. The summed E-state index contributed by atoms with van der Waals surface area (Å²) in [7, 11) is 0. The van der Waals surface area contributed by atoms with Crippen molar-refractivity contribution in [2.24, 2.45) is 0 Å². The molecule has 0 saturated carbocycles. The van der Waals surface area contributed by atoms with Crippen LogP contribution in [0, 0.1) is 0 Å². The molecule has 0 aromatic carbocycles. The first-order chi connectivity index (χ1) is 5.81. The van der Waals surface area contributed by atoms with Crippen LogP contribution in [-0.2, 0) is 0 Å². The number of nitrogens with zero attached hydrogens (tertiary/aromatic N) is 1. The second-order valence-corrected chi connectivity index (χ2v) is 3.38. The minimum absolute atomic E-state index is 0.0851. The highest BCUT2D eigenvalue weighted by molar-refractivity contribution is 7.19. The van der Waals surface area contributed by atoms with Gasteiger partial charge in [0.25, 0.3) is 5.56 Å². The molecule has 0 aliphatic heterocycles. The van der Waals surface area contributed by atoms with Crippen molar-refractivity contribution in [2.75, 3.05) is 0 Å². The molecule has 0 amide bonds. The van der Waals surface area contributed by atoms with E-state index in [1.807, 2.05) is 6.07 Å². The van der Waals surface area contributed by atoms with Crippen molar-refractivity contribution >= 4 is 27.6 Å². The van der Waals surface area contributed by atoms with Crippen LogP contribution in [0.1, 0.15) is 4.88 Å². The Kier molecular flexibility index (Phi) is 1.55. The molecule has 0 fully saturated rings. The van der Waals surface area contributed by atoms with Gasteiger partial charge >= 0.3 is 0 Å². The second kappa shape index (κ2) is 2.57. The van der Waals surface area contributed by atoms with Crippen LogP contribution >= 0.6 is 11.3 Å². The SMILES string of the molecule is C=Cc1cc2nc[nH]c(=O)c2s1. The zero-order valence-electron chi connectivity index (χ0n) is 6.20. The molecule has 2 aromatic rings. The number of aromatic amines is 1. The van der Waals surface area contributed by atoms with E-state index in [1.54, 1.807) is 6.08 Å². The summed E-state index contributed by atoms with van der Waals surface area (Å²) in [5.41, 5.74) is 0.650. The Hall–Kier alpha value is -1.42. The summed E-state index contributed by atoms with van der Waals surface area (Å²) in [6.07, 6.45) is 3.12. The number of hydrogen-bond donors (Lipinski definition) is 1. The van der Waals surface area contributed by atoms with Crippen LogP contribution in [0.25, 0.3) is 16.3 Å². The fourth-order valence-corrected chi connectivity index (χ4v) is 1.84. The second-order valence-electron chi connectivity index (χ2n) is 2.30. The summed E-state index contributed by atoms with van der Waals surface area (Å²) < 4.78 is 0.660. The van der Waals surface area contributed by atoms with Gasteiger partial charge in [0.2, 0.25) is 0 Å². The topological polar surface area (TPSA) is 45.8 Å². The Morgan fingerprint density at radius 3 is 3.17 bits per heavy atom. The lowest BCUT2D eigenvalue weighted by atomic mass is 10.4. The summed E-state index contributed by atoms with van der Waals surface area (Å²) in [6, 6.07) is 1.85. The van der Waals surface area contributed by atoms with Gasteiger partial charge in [-0.3, -0.25) is 4.79 Å². The number of aromatic nitrogens is 2. The fraction of sp³-hybridized carbons (Fsp3) is 0. The van der Waals surface area contributed by atoms with E-state index in [0.717, 1.165) is 10.4 Å². The van der Waals surface area contributed by atoms with Gasteiger partial charge in [0.05, 0.1) is 11.8 Å². The van der Waals surface area contributed by atoms with Gasteiger partial charge in [-0.15, -0.1) is 11.3 Å². The normalized spacial score (nSPS) is 10.3. The molecule has 3 nitrogen and oxygen atoms in total. The highest BCUT2D eigenvalue weighted by Gasteiger charge is 2.02. The molecule has 60 valence electrons. The van der Waals surface area contributed by atoms with E-state index in [2.05, 4.69) is 16.5 Å². The Morgan fingerprint density at radius 1 is 1.67 bits per heavy atom. The molecule has 0 saturated heterocycles. The third kappa shape index (κ3) is 0.967. The monoisotopic (exact) mass is 178 g/mol. The average molecular weight is 178 g/mol. The summed E-state index contributed by atoms with van der Waals surface area (Å²) in [5.74, 6) is 0. The summed E-state index contributed by atoms with van der Waals surface area (Å²) in [4.78, 5) is 18.7. The maximum atomic E-state index is 11.2. The molecule has 4 heteroatoms. The van der Waals surface area contributed by atoms with Crippen LogP contribution in [0.3, 0.4) is 0 Å². The zero-order valence-corrected chi connectivity index (χ0v) is 7.02. The first kappa shape index (κ1) is 7.24. The van der Waals surface area contributed by atoms with Crippen molar-refractivity contribution in [1.29, 1.82) is 0 Å². The number of hydrogen-bond acceptors (Lipinski definition) is 3. The first-order valence-electron chi connectivity index (χ1n) is 3.41. The van der Waals surface area contributed by atoms with E-state index in [1.165, 1.54) is 17.7 Å². The minimum atomic E-state index is -0.0851. The molecule has 0 aliphatic carbocycles. The minimum Gasteiger partial charge on any atom is -0.312 e. The number of fused-ring (bicyclic) bond motifs is 1. The predicted octanol–water partition coefficient (Wildman–Crippen LogP) is 1.63. The molecule has 0 atom stereocenters. The lowest BCUT2D eigenvalue weighted by Crippen LogP contribution is -2.02. The smallest absolute Gasteiger partial charge is 0.268 e. The number of rotatable bonds is 1. The van der Waals surface area contributed by atoms with Gasteiger partial charge in [-0.25, -0.2) is 4.98 Å². The first-order valence-corrected chi connectivity index (χ1v) is 4.22. The van der Waals surface area contributed by atoms with Crippen molar-refractivity contribution in [3.8, 4) is 0 Å². The lowest BCUT2D eigenvalue weighted by molar-refractivity contribution is 1.18. The molecule has 2 heterocycles. The summed E-state index contributed by atoms with van der Waals surface area (Å²) in [6.45, 7) is 3.63. The summed E-state index contributed by atoms with van der Waals surface area (Å²) in [5, 5.41) is 0. The number of thiophene rings is 1. The standard InChI is InChI=1S/C8H6N2OS/c1-2-5-3-6-7(12-5)8(11)10-4-9-6/h2-4H,1H2,(H,9,10,11). The van der Waals surface area contributed by atoms with E-state index in [9.17, 15) is 4.79 Å². The van der Waals surface area contributed by atoms with Gasteiger partial charge in [0, 0.05) is 4.88 Å². The third-order valence-electron chi connectivity index (χ3n) is 1.54. The maximum Gasteiger partial charge on any atom is 0.268 e. The van der Waals surface area contributed by atoms with Crippen LogP contribution in [-0.4, -0.2) is 9.97 Å². The average Bonchev–Trinajstić information content (AvgIpc) is 2.49. The van der Waals surface area contributed by atoms with Gasteiger partial charge in [-0.2, -0.15) is 0 Å². The van der Waals surface area contributed by atoms with Gasteiger partial charge < -0.3 is 4.98 Å². The molecule has 1 N–H and O–H groups in total. The molecule has 2 aromatic heterocycles. The van der Waals surface area contributed by atoms with Crippen LogP contribution in [0.5, 0.6) is 0 Å². The largest absolute Gasteiger partial charge is 0.312 e. The van der Waals surface area contributed by atoms with Gasteiger partial charge in [0.15, 0.2) is 0 Å². The lowest BCUT2D eigenvalue weighted by Gasteiger charge is -1.82. The van der Waals surface area contributed by atoms with Crippen molar-refractivity contribution in [3.63, 3.8) is 0 Å². The Labute approximate surface area is 72.4 Å². The van der Waals surface area contributed by atoms with Gasteiger partial charge in [-0.05, 0) is 6.07 Å². The van der Waals surface area contributed by atoms with Crippen LogP contribution in [0.2, 0.25) is 0 Å². The van der Waals surface area contributed by atoms with Gasteiger partial charge in [-0.1, -0.05) is 12.7 Å². The van der Waals surface area contributed by atoms with Crippen molar-refractivity contribution in [2.45, 2.75) is 0 Å². The highest BCUT2D eigenvalue weighted by Crippen LogP contribution is 2.20. The van der Waals surface area contributed by atoms with E-state index in [0.29, 0.717) is 4.70 Å². The zero-order chi connectivity index (χ0) is 8.55. The quantitative estimate of drug-likeness (QED) is 0.721. The van der Waals surface area contributed by atoms with Crippen LogP contribution < -0.4 is 5.56 Å². The molecular weight excluding hydrogens is 172 g/mol. The molecule has 0 spiro atoms. The van der Waals surface area contributed by atoms with Crippen molar-refractivity contribution in [3.05, 3.63) is 34.2 Å². The molecule has 0 aliphatic rings. The van der Waals surface area contributed by atoms with E-state index < -0.39 is 0 Å². The Morgan fingerprint density at radius 2 is 2.50 bits per heavy atom. The molecule has 0 radical (unpaired) electrons. The Balaban J connectivity index is 2.92. The predicted molar refractivity (Wildman–Crippen MR) is 50.3 cm³/mol. The number of H-pyrrole nitrogens is 1.